The quantitative estimate of drug-likeness (QED) is 0.816. The average molecular weight is 340 g/mol. The van der Waals surface area contributed by atoms with Gasteiger partial charge in [0.2, 0.25) is 0 Å². The zero-order chi connectivity index (χ0) is 16.2. The van der Waals surface area contributed by atoms with Gasteiger partial charge in [0, 0.05) is 5.38 Å². The second-order valence-electron chi connectivity index (χ2n) is 4.54. The fourth-order valence-corrected chi connectivity index (χ4v) is 3.65. The Bertz CT molecular complexity index is 751. The van der Waals surface area contributed by atoms with Gasteiger partial charge in [-0.15, -0.1) is 11.3 Å². The van der Waals surface area contributed by atoms with Crippen LogP contribution in [0.25, 0.3) is 0 Å². The van der Waals surface area contributed by atoms with Crippen molar-refractivity contribution >= 4 is 32.5 Å². The van der Waals surface area contributed by atoms with E-state index in [-0.39, 0.29) is 22.4 Å². The molecule has 0 amide bonds. The number of thiazole rings is 1. The number of anilines is 1. The van der Waals surface area contributed by atoms with Crippen LogP contribution in [0.5, 0.6) is 0 Å². The molecule has 0 fully saturated rings. The lowest BCUT2D eigenvalue weighted by molar-refractivity contribution is -0.142. The van der Waals surface area contributed by atoms with Gasteiger partial charge in [0.15, 0.2) is 5.13 Å². The number of esters is 1. The van der Waals surface area contributed by atoms with Crippen LogP contribution in [-0.4, -0.2) is 26.0 Å². The highest BCUT2D eigenvalue weighted by Crippen LogP contribution is 2.20. The summed E-state index contributed by atoms with van der Waals surface area (Å²) in [4.78, 5) is 15.6. The molecule has 8 heteroatoms. The molecule has 0 saturated heterocycles. The first kappa shape index (κ1) is 16.4. The maximum atomic E-state index is 12.2. The zero-order valence-corrected chi connectivity index (χ0v) is 13.8. The van der Waals surface area contributed by atoms with Gasteiger partial charge in [-0.2, -0.15) is 0 Å². The molecule has 0 atom stereocenters. The summed E-state index contributed by atoms with van der Waals surface area (Å²) in [6.07, 6.45) is 0.0244. The molecule has 0 aliphatic heterocycles. The lowest BCUT2D eigenvalue weighted by Gasteiger charge is -2.05. The number of hydrogen-bond donors (Lipinski definition) is 1. The van der Waals surface area contributed by atoms with Gasteiger partial charge < -0.3 is 4.74 Å². The van der Waals surface area contributed by atoms with Crippen molar-refractivity contribution in [1.82, 2.24) is 4.98 Å². The molecule has 0 bridgehead atoms. The van der Waals surface area contributed by atoms with E-state index in [4.69, 9.17) is 4.74 Å². The summed E-state index contributed by atoms with van der Waals surface area (Å²) >= 11 is 1.13. The maximum Gasteiger partial charge on any atom is 0.311 e. The molecular weight excluding hydrogens is 324 g/mol. The average Bonchev–Trinajstić information content (AvgIpc) is 2.85. The molecule has 0 aliphatic carbocycles. The third-order valence-corrected chi connectivity index (χ3v) is 5.03. The number of hydrogen-bond acceptors (Lipinski definition) is 6. The number of ether oxygens (including phenoxy) is 1. The SMILES string of the molecule is CCOC(=O)Cc1csc(NS(=O)(=O)c2ccc(C)cc2)n1. The minimum absolute atomic E-state index is 0.0244. The summed E-state index contributed by atoms with van der Waals surface area (Å²) < 4.78 is 31.7. The van der Waals surface area contributed by atoms with Crippen molar-refractivity contribution in [2.24, 2.45) is 0 Å². The van der Waals surface area contributed by atoms with E-state index in [9.17, 15) is 13.2 Å². The molecule has 1 N–H and O–H groups in total. The summed E-state index contributed by atoms with van der Waals surface area (Å²) in [5, 5.41) is 1.85. The molecule has 118 valence electrons. The van der Waals surface area contributed by atoms with E-state index in [0.717, 1.165) is 16.9 Å². The number of rotatable bonds is 6. The molecule has 1 aromatic carbocycles. The van der Waals surface area contributed by atoms with Crippen LogP contribution in [0.2, 0.25) is 0 Å². The first-order valence-electron chi connectivity index (χ1n) is 6.60. The summed E-state index contributed by atoms with van der Waals surface area (Å²) in [7, 11) is -3.67. The molecule has 6 nitrogen and oxygen atoms in total. The third kappa shape index (κ3) is 4.28. The van der Waals surface area contributed by atoms with Crippen LogP contribution in [0, 0.1) is 6.92 Å². The van der Waals surface area contributed by atoms with Crippen LogP contribution in [0.4, 0.5) is 5.13 Å². The number of benzene rings is 1. The van der Waals surface area contributed by atoms with Crippen molar-refractivity contribution < 1.29 is 17.9 Å². The van der Waals surface area contributed by atoms with Crippen molar-refractivity contribution in [3.8, 4) is 0 Å². The second-order valence-corrected chi connectivity index (χ2v) is 7.08. The van der Waals surface area contributed by atoms with Crippen molar-refractivity contribution in [2.75, 3.05) is 11.3 Å². The Labute approximate surface area is 133 Å². The van der Waals surface area contributed by atoms with Crippen LogP contribution >= 0.6 is 11.3 Å². The lowest BCUT2D eigenvalue weighted by Crippen LogP contribution is -2.13. The van der Waals surface area contributed by atoms with E-state index in [1.165, 1.54) is 12.1 Å². The standard InChI is InChI=1S/C14H16N2O4S2/c1-3-20-13(17)8-11-9-21-14(15-11)16-22(18,19)12-6-4-10(2)5-7-12/h4-7,9H,3,8H2,1-2H3,(H,15,16). The predicted molar refractivity (Wildman–Crippen MR) is 84.4 cm³/mol. The first-order chi connectivity index (χ1) is 10.4. The molecule has 1 aromatic heterocycles. The summed E-state index contributed by atoms with van der Waals surface area (Å²) in [5.74, 6) is -0.388. The monoisotopic (exact) mass is 340 g/mol. The van der Waals surface area contributed by atoms with Crippen molar-refractivity contribution in [3.05, 3.63) is 40.9 Å². The summed E-state index contributed by atoms with van der Waals surface area (Å²) in [6, 6.07) is 6.51. The van der Waals surface area contributed by atoms with E-state index in [1.807, 2.05) is 6.92 Å². The van der Waals surface area contributed by atoms with Gasteiger partial charge in [0.05, 0.1) is 23.6 Å². The molecule has 0 aliphatic rings. The summed E-state index contributed by atoms with van der Waals surface area (Å²) in [6.45, 7) is 3.91. The normalized spacial score (nSPS) is 11.2. The van der Waals surface area contributed by atoms with Crippen LogP contribution in [0.1, 0.15) is 18.2 Å². The molecule has 0 radical (unpaired) electrons. The number of nitrogens with one attached hydrogen (secondary N) is 1. The molecule has 0 spiro atoms. The highest BCUT2D eigenvalue weighted by Gasteiger charge is 2.16. The summed E-state index contributed by atoms with van der Waals surface area (Å²) in [5.41, 5.74) is 1.45. The molecule has 2 rings (SSSR count). The van der Waals surface area contributed by atoms with Crippen LogP contribution in [0.3, 0.4) is 0 Å². The Hall–Kier alpha value is -1.93. The Morgan fingerprint density at radius 1 is 1.32 bits per heavy atom. The predicted octanol–water partition coefficient (Wildman–Crippen LogP) is 2.36. The van der Waals surface area contributed by atoms with Gasteiger partial charge in [0.1, 0.15) is 0 Å². The van der Waals surface area contributed by atoms with Crippen LogP contribution in [0.15, 0.2) is 34.5 Å². The molecule has 0 unspecified atom stereocenters. The van der Waals surface area contributed by atoms with E-state index in [0.29, 0.717) is 12.3 Å². The van der Waals surface area contributed by atoms with Gasteiger partial charge in [0.25, 0.3) is 10.0 Å². The van der Waals surface area contributed by atoms with E-state index >= 15 is 0 Å². The number of sulfonamides is 1. The number of carbonyl (C=O) groups excluding carboxylic acids is 1. The molecule has 2 aromatic rings. The van der Waals surface area contributed by atoms with E-state index in [1.54, 1.807) is 24.4 Å². The van der Waals surface area contributed by atoms with Gasteiger partial charge in [-0.25, -0.2) is 13.4 Å². The topological polar surface area (TPSA) is 85.4 Å². The largest absolute Gasteiger partial charge is 0.466 e. The van der Waals surface area contributed by atoms with Gasteiger partial charge in [-0.3, -0.25) is 9.52 Å². The Kier molecular flexibility index (Phi) is 5.15. The lowest BCUT2D eigenvalue weighted by atomic mass is 10.2. The highest BCUT2D eigenvalue weighted by molar-refractivity contribution is 7.93. The molecule has 22 heavy (non-hydrogen) atoms. The van der Waals surface area contributed by atoms with E-state index < -0.39 is 10.0 Å². The molecular formula is C14H16N2O4S2. The van der Waals surface area contributed by atoms with Crippen molar-refractivity contribution in [2.45, 2.75) is 25.2 Å². The minimum atomic E-state index is -3.67. The Morgan fingerprint density at radius 2 is 2.00 bits per heavy atom. The van der Waals surface area contributed by atoms with Gasteiger partial charge in [-0.1, -0.05) is 17.7 Å². The fourth-order valence-electron chi connectivity index (χ4n) is 1.69. The maximum absolute atomic E-state index is 12.2. The van der Waals surface area contributed by atoms with Crippen LogP contribution < -0.4 is 4.72 Å². The number of carbonyl (C=O) groups is 1. The van der Waals surface area contributed by atoms with Crippen LogP contribution in [-0.2, 0) is 26.0 Å². The smallest absolute Gasteiger partial charge is 0.311 e. The first-order valence-corrected chi connectivity index (χ1v) is 8.96. The van der Waals surface area contributed by atoms with Gasteiger partial charge >= 0.3 is 5.97 Å². The second kappa shape index (κ2) is 6.89. The number of aromatic nitrogens is 1. The molecule has 1 heterocycles. The highest BCUT2D eigenvalue weighted by atomic mass is 32.2. The third-order valence-electron chi connectivity index (χ3n) is 2.74. The zero-order valence-electron chi connectivity index (χ0n) is 12.2. The number of nitrogens with zero attached hydrogens (tertiary/aromatic N) is 1. The minimum Gasteiger partial charge on any atom is -0.466 e. The van der Waals surface area contributed by atoms with Crippen molar-refractivity contribution in [3.63, 3.8) is 0 Å². The fraction of sp³-hybridized carbons (Fsp3) is 0.286. The number of aryl methyl sites for hydroxylation is 1. The molecule has 0 saturated carbocycles. The van der Waals surface area contributed by atoms with Crippen molar-refractivity contribution in [1.29, 1.82) is 0 Å². The van der Waals surface area contributed by atoms with Gasteiger partial charge in [-0.05, 0) is 26.0 Å². The Balaban J connectivity index is 2.09. The Morgan fingerprint density at radius 3 is 2.64 bits per heavy atom. The van der Waals surface area contributed by atoms with E-state index in [2.05, 4.69) is 9.71 Å².